The van der Waals surface area contributed by atoms with E-state index in [0.29, 0.717) is 97.0 Å². The molecule has 3 aliphatic rings. The molecule has 30 nitrogen and oxygen atoms in total. The molecule has 0 bridgehead atoms. The molecule has 2 aromatic carbocycles. The predicted octanol–water partition coefficient (Wildman–Crippen LogP) is 1.31. The van der Waals surface area contributed by atoms with Gasteiger partial charge in [-0.05, 0) is 91.8 Å². The number of alkyl carbamates (subject to hydrolysis) is 1. The number of nitrogens with zero attached hydrogens (tertiary/aromatic N) is 2. The number of nitrogens with one attached hydrogen (secondary N) is 7. The van der Waals surface area contributed by atoms with Crippen LogP contribution in [0.25, 0.3) is 22.3 Å². The minimum atomic E-state index is -2.06. The third-order valence-electron chi connectivity index (χ3n) is 15.9. The summed E-state index contributed by atoms with van der Waals surface area (Å²) in [7, 11) is 0. The number of nitrogens with two attached hydrogens (primary N) is 2. The van der Waals surface area contributed by atoms with Crippen LogP contribution in [0.3, 0.4) is 0 Å². The fourth-order valence-electron chi connectivity index (χ4n) is 11.0. The number of anilines is 1. The molecule has 8 amide bonds. The number of carboxylic acids is 1. The zero-order chi connectivity index (χ0) is 67.4. The normalized spacial score (nSPS) is 16.2. The Morgan fingerprint density at radius 3 is 2.15 bits per heavy atom. The second kappa shape index (κ2) is 34.3. The number of halogens is 1. The topological polar surface area (TPSA) is 430 Å². The van der Waals surface area contributed by atoms with Crippen molar-refractivity contribution in [3.63, 3.8) is 0 Å². The highest BCUT2D eigenvalue weighted by Gasteiger charge is 2.46. The summed E-state index contributed by atoms with van der Waals surface area (Å²) < 4.78 is 54.4. The number of rotatable bonds is 37. The molecule has 0 unspecified atom stereocenters. The summed E-state index contributed by atoms with van der Waals surface area (Å²) in [5.41, 5.74) is 12.5. The van der Waals surface area contributed by atoms with E-state index in [1.54, 1.807) is 45.9 Å². The molecule has 93 heavy (non-hydrogen) atoms. The van der Waals surface area contributed by atoms with Crippen LogP contribution in [0.2, 0.25) is 0 Å². The lowest BCUT2D eigenvalue weighted by Gasteiger charge is -2.31. The van der Waals surface area contributed by atoms with Crippen LogP contribution in [0.4, 0.5) is 19.7 Å². The first-order valence-corrected chi connectivity index (χ1v) is 30.7. The van der Waals surface area contributed by atoms with Crippen LogP contribution >= 0.6 is 0 Å². The van der Waals surface area contributed by atoms with Gasteiger partial charge in [0, 0.05) is 54.2 Å². The van der Waals surface area contributed by atoms with Gasteiger partial charge in [-0.25, -0.2) is 23.8 Å². The van der Waals surface area contributed by atoms with Crippen molar-refractivity contribution in [2.45, 2.75) is 129 Å². The number of urea groups is 1. The number of benzene rings is 2. The number of cyclic esters (lactones) is 1. The maximum atomic E-state index is 15.4. The molecular formula is C62H82FN11O19. The molecule has 7 rings (SSSR count). The standard InChI is InChI=1S/C62H82FN11O19/c1-5-62(86)41-27-47-54-39(29-74(47)58(82)40(41)31-92-59(62)83)52-43(13-12-38-35(4)42(63)28-46(71-54)51(38)52)69-49(76)32-91-33-67-61(85)93-30-36-8-10-37(11-9-36)68-55(79)44(7-6-18-66-60(65)84)72-57(81)53(34(2)3)73-56(80)45(14-15-50(77)78)70-48(75)16-19-87-21-23-89-25-26-90-24-22-88-20-17-64/h8-11,27-28,34,43-45,53,86H,5-7,12-26,29-33,64H2,1-4H3,(H,67,85)(H,68,79)(H,69,76)(H,70,75)(H,72,81)(H,73,80)(H,77,78)(H3,65,66,84)/t43-,44-,45-,53-,62-/m0/s1. The number of carbonyl (C=O) groups excluding carboxylic acids is 8. The number of carbonyl (C=O) groups is 9. The number of ether oxygens (including phenoxy) is 7. The number of aliphatic hydroxyl groups is 1. The molecule has 5 atom stereocenters. The van der Waals surface area contributed by atoms with E-state index in [0.717, 1.165) is 5.56 Å². The highest BCUT2D eigenvalue weighted by atomic mass is 19.1. The molecular weight excluding hydrogens is 1220 g/mol. The monoisotopic (exact) mass is 1300 g/mol. The van der Waals surface area contributed by atoms with E-state index in [1.807, 2.05) is 0 Å². The number of esters is 1. The Labute approximate surface area is 534 Å². The van der Waals surface area contributed by atoms with Crippen molar-refractivity contribution in [3.8, 4) is 11.4 Å². The molecule has 0 radical (unpaired) electrons. The highest BCUT2D eigenvalue weighted by Crippen LogP contribution is 2.46. The Kier molecular flexibility index (Phi) is 26.4. The van der Waals surface area contributed by atoms with Crippen LogP contribution in [0, 0.1) is 18.7 Å². The van der Waals surface area contributed by atoms with Crippen molar-refractivity contribution >= 4 is 70.2 Å². The summed E-state index contributed by atoms with van der Waals surface area (Å²) in [4.78, 5) is 135. The van der Waals surface area contributed by atoms with Crippen molar-refractivity contribution in [3.05, 3.63) is 91.5 Å². The van der Waals surface area contributed by atoms with Gasteiger partial charge in [0.15, 0.2) is 5.60 Å². The Bertz CT molecular complexity index is 3440. The Balaban J connectivity index is 0.877. The largest absolute Gasteiger partial charge is 0.481 e. The lowest BCUT2D eigenvalue weighted by molar-refractivity contribution is -0.172. The summed E-state index contributed by atoms with van der Waals surface area (Å²) in [6, 6.07) is 3.72. The van der Waals surface area contributed by atoms with Gasteiger partial charge in [0.2, 0.25) is 29.5 Å². The number of hydrogen-bond acceptors (Lipinski definition) is 20. The van der Waals surface area contributed by atoms with Gasteiger partial charge in [-0.3, -0.25) is 38.9 Å². The van der Waals surface area contributed by atoms with E-state index in [9.17, 15) is 58.2 Å². The predicted molar refractivity (Wildman–Crippen MR) is 329 cm³/mol. The van der Waals surface area contributed by atoms with Gasteiger partial charge in [-0.1, -0.05) is 32.9 Å². The second-order valence-corrected chi connectivity index (χ2v) is 22.7. The van der Waals surface area contributed by atoms with Gasteiger partial charge in [-0.15, -0.1) is 0 Å². The molecule has 0 saturated carbocycles. The SMILES string of the molecule is CC[C@@]1(O)C(=O)OCc2c1cc1n(c2=O)Cc2c-1nc1cc(F)c(C)c3c1c2[C@@H](NC(=O)COCNC(=O)OCc1ccc(NC(=O)[C@H](CCCNC(N)=O)NC(=O)[C@@H](NC(=O)[C@H](CCC(=O)O)NC(=O)CCOCCOCCOCCOCCN)C(C)C)cc1)CC3. The van der Waals surface area contributed by atoms with Crippen molar-refractivity contribution in [2.75, 3.05) is 84.6 Å². The third-order valence-corrected chi connectivity index (χ3v) is 15.9. The summed E-state index contributed by atoms with van der Waals surface area (Å²) >= 11 is 0. The summed E-state index contributed by atoms with van der Waals surface area (Å²) in [5, 5.41) is 39.8. The van der Waals surface area contributed by atoms with Crippen molar-refractivity contribution < 1.29 is 90.9 Å². The van der Waals surface area contributed by atoms with Gasteiger partial charge in [0.05, 0.1) is 87.9 Å². The Morgan fingerprint density at radius 2 is 1.49 bits per heavy atom. The van der Waals surface area contributed by atoms with Crippen LogP contribution < -0.4 is 54.2 Å². The first kappa shape index (κ1) is 71.7. The lowest BCUT2D eigenvalue weighted by atomic mass is 9.81. The van der Waals surface area contributed by atoms with Gasteiger partial charge in [0.1, 0.15) is 50.5 Å². The average Bonchev–Trinajstić information content (AvgIpc) is 1.62. The molecule has 0 spiro atoms. The van der Waals surface area contributed by atoms with E-state index >= 15 is 4.39 Å². The second-order valence-electron chi connectivity index (χ2n) is 22.7. The lowest BCUT2D eigenvalue weighted by Crippen LogP contribution is -2.58. The molecule has 1 aliphatic carbocycles. The smallest absolute Gasteiger partial charge is 0.409 e. The number of carboxylic acid groups (broad SMARTS) is 1. The van der Waals surface area contributed by atoms with E-state index in [4.69, 9.17) is 49.6 Å². The van der Waals surface area contributed by atoms with Gasteiger partial charge >= 0.3 is 24.1 Å². The first-order valence-electron chi connectivity index (χ1n) is 30.7. The minimum Gasteiger partial charge on any atom is -0.481 e. The molecule has 2 aliphatic heterocycles. The van der Waals surface area contributed by atoms with E-state index < -0.39 is 120 Å². The van der Waals surface area contributed by atoms with Crippen LogP contribution in [0.1, 0.15) is 111 Å². The van der Waals surface area contributed by atoms with Crippen molar-refractivity contribution in [1.29, 1.82) is 0 Å². The van der Waals surface area contributed by atoms with Crippen molar-refractivity contribution in [2.24, 2.45) is 17.4 Å². The average molecular weight is 1300 g/mol. The summed E-state index contributed by atoms with van der Waals surface area (Å²) in [5.74, 6) is -6.62. The zero-order valence-corrected chi connectivity index (χ0v) is 52.4. The Morgan fingerprint density at radius 1 is 0.817 bits per heavy atom. The molecule has 2 aromatic heterocycles. The number of amides is 8. The molecule has 4 aromatic rings. The molecule has 13 N–H and O–H groups in total. The summed E-state index contributed by atoms with van der Waals surface area (Å²) in [6.45, 7) is 7.84. The molecule has 31 heteroatoms. The van der Waals surface area contributed by atoms with Crippen LogP contribution in [0.5, 0.6) is 0 Å². The van der Waals surface area contributed by atoms with Crippen molar-refractivity contribution in [1.82, 2.24) is 41.5 Å². The Hall–Kier alpha value is -8.72. The first-order chi connectivity index (χ1) is 44.5. The van der Waals surface area contributed by atoms with Gasteiger partial charge in [0.25, 0.3) is 5.56 Å². The molecule has 0 saturated heterocycles. The number of fused-ring (bicyclic) bond motifs is 5. The zero-order valence-electron chi connectivity index (χ0n) is 52.4. The van der Waals surface area contributed by atoms with E-state index in [2.05, 4.69) is 37.2 Å². The number of aliphatic carboxylic acids is 1. The summed E-state index contributed by atoms with van der Waals surface area (Å²) in [6.07, 6.45) is -0.998. The number of aryl methyl sites for hydroxylation is 1. The van der Waals surface area contributed by atoms with Gasteiger partial charge < -0.3 is 91.3 Å². The number of primary amides is 1. The third kappa shape index (κ3) is 19.2. The quantitative estimate of drug-likeness (QED) is 0.0152. The van der Waals surface area contributed by atoms with Crippen LogP contribution in [-0.4, -0.2) is 171 Å². The highest BCUT2D eigenvalue weighted by molar-refractivity contribution is 5.99. The molecule has 506 valence electrons. The number of pyridine rings is 2. The van der Waals surface area contributed by atoms with Crippen LogP contribution in [0.15, 0.2) is 41.2 Å². The number of aromatic nitrogens is 2. The molecule has 4 heterocycles. The van der Waals surface area contributed by atoms with E-state index in [-0.39, 0.29) is 95.0 Å². The number of hydrogen-bond donors (Lipinski definition) is 11. The minimum absolute atomic E-state index is 0.00996. The maximum Gasteiger partial charge on any atom is 0.409 e. The van der Waals surface area contributed by atoms with E-state index in [1.165, 1.54) is 22.8 Å². The van der Waals surface area contributed by atoms with Crippen LogP contribution in [-0.2, 0) is 98.5 Å². The fraction of sp³-hybridized carbons (Fsp3) is 0.532. The van der Waals surface area contributed by atoms with Gasteiger partial charge in [-0.2, -0.15) is 0 Å². The maximum absolute atomic E-state index is 15.4. The fourth-order valence-corrected chi connectivity index (χ4v) is 11.0. The molecule has 0 fully saturated rings.